The van der Waals surface area contributed by atoms with Crippen LogP contribution in [0, 0.1) is 0 Å². The van der Waals surface area contributed by atoms with Crippen molar-refractivity contribution in [1.29, 1.82) is 0 Å². The molecule has 2 unspecified atom stereocenters. The smallest absolute Gasteiger partial charge is 0.251 e. The van der Waals surface area contributed by atoms with Crippen LogP contribution in [0.15, 0.2) is 18.2 Å². The number of aliphatic hydroxyl groups is 1. The SMILES string of the molecule is CNC(=O)c1ccc(N)c(N2CC(CO)OCC2C)c1. The number of morpholine rings is 1. The van der Waals surface area contributed by atoms with Crippen molar-refractivity contribution in [2.75, 3.05) is 37.4 Å². The molecule has 1 saturated heterocycles. The molecule has 1 aromatic carbocycles. The number of carbonyl (C=O) groups is 1. The molecule has 1 aliphatic heterocycles. The van der Waals surface area contributed by atoms with Gasteiger partial charge in [0.2, 0.25) is 0 Å². The second-order valence-corrected chi connectivity index (χ2v) is 4.99. The van der Waals surface area contributed by atoms with Crippen LogP contribution >= 0.6 is 0 Å². The monoisotopic (exact) mass is 279 g/mol. The van der Waals surface area contributed by atoms with Crippen LogP contribution in [0.5, 0.6) is 0 Å². The van der Waals surface area contributed by atoms with Gasteiger partial charge < -0.3 is 25.8 Å². The van der Waals surface area contributed by atoms with E-state index < -0.39 is 0 Å². The quantitative estimate of drug-likeness (QED) is 0.689. The first-order valence-corrected chi connectivity index (χ1v) is 6.67. The average Bonchev–Trinajstić information content (AvgIpc) is 2.48. The number of benzene rings is 1. The molecule has 2 atom stereocenters. The molecule has 4 N–H and O–H groups in total. The van der Waals surface area contributed by atoms with Gasteiger partial charge in [-0.15, -0.1) is 0 Å². The highest BCUT2D eigenvalue weighted by atomic mass is 16.5. The molecule has 0 bridgehead atoms. The van der Waals surface area contributed by atoms with Crippen LogP contribution < -0.4 is 16.0 Å². The summed E-state index contributed by atoms with van der Waals surface area (Å²) in [5, 5.41) is 11.8. The normalized spacial score (nSPS) is 22.6. The van der Waals surface area contributed by atoms with Crippen molar-refractivity contribution < 1.29 is 14.6 Å². The molecule has 0 spiro atoms. The molecular formula is C14H21N3O3. The first-order valence-electron chi connectivity index (χ1n) is 6.67. The number of ether oxygens (including phenoxy) is 1. The van der Waals surface area contributed by atoms with E-state index in [-0.39, 0.29) is 24.7 Å². The summed E-state index contributed by atoms with van der Waals surface area (Å²) in [4.78, 5) is 13.8. The van der Waals surface area contributed by atoms with E-state index in [0.29, 0.717) is 24.4 Å². The van der Waals surface area contributed by atoms with Gasteiger partial charge in [-0.05, 0) is 25.1 Å². The van der Waals surface area contributed by atoms with E-state index in [9.17, 15) is 9.90 Å². The lowest BCUT2D eigenvalue weighted by atomic mass is 10.1. The molecule has 2 rings (SSSR count). The van der Waals surface area contributed by atoms with E-state index in [0.717, 1.165) is 5.69 Å². The number of nitrogen functional groups attached to an aromatic ring is 1. The molecule has 0 aliphatic carbocycles. The minimum absolute atomic E-state index is 0.0295. The molecule has 110 valence electrons. The van der Waals surface area contributed by atoms with Crippen molar-refractivity contribution in [3.05, 3.63) is 23.8 Å². The average molecular weight is 279 g/mol. The molecule has 1 aliphatic rings. The van der Waals surface area contributed by atoms with Gasteiger partial charge >= 0.3 is 0 Å². The third kappa shape index (κ3) is 2.86. The summed E-state index contributed by atoms with van der Waals surface area (Å²) in [5.74, 6) is -0.147. The topological polar surface area (TPSA) is 87.8 Å². The first kappa shape index (κ1) is 14.6. The van der Waals surface area contributed by atoms with Gasteiger partial charge in [0.1, 0.15) is 0 Å². The highest BCUT2D eigenvalue weighted by molar-refractivity contribution is 5.96. The van der Waals surface area contributed by atoms with Gasteiger partial charge in [0.25, 0.3) is 5.91 Å². The molecule has 20 heavy (non-hydrogen) atoms. The predicted octanol–water partition coefficient (Wildman–Crippen LogP) is 0.214. The number of nitrogens with one attached hydrogen (secondary N) is 1. The summed E-state index contributed by atoms with van der Waals surface area (Å²) in [7, 11) is 1.59. The maximum Gasteiger partial charge on any atom is 0.251 e. The summed E-state index contributed by atoms with van der Waals surface area (Å²) in [6.45, 7) is 3.08. The highest BCUT2D eigenvalue weighted by Crippen LogP contribution is 2.29. The minimum Gasteiger partial charge on any atom is -0.397 e. The molecule has 1 heterocycles. The standard InChI is InChI=1S/C14H21N3O3/c1-9-8-20-11(7-18)6-17(9)13-5-10(14(19)16-2)3-4-12(13)15/h3-5,9,11,18H,6-8,15H2,1-2H3,(H,16,19). The first-order chi connectivity index (χ1) is 9.56. The van der Waals surface area contributed by atoms with E-state index in [1.165, 1.54) is 0 Å². The Morgan fingerprint density at radius 3 is 3.00 bits per heavy atom. The summed E-state index contributed by atoms with van der Waals surface area (Å²) in [6.07, 6.45) is -0.228. The highest BCUT2D eigenvalue weighted by Gasteiger charge is 2.27. The molecule has 6 nitrogen and oxygen atoms in total. The predicted molar refractivity (Wildman–Crippen MR) is 77.9 cm³/mol. The van der Waals surface area contributed by atoms with Crippen LogP contribution in [0.2, 0.25) is 0 Å². The second kappa shape index (κ2) is 6.11. The van der Waals surface area contributed by atoms with Crippen LogP contribution in [0.1, 0.15) is 17.3 Å². The molecule has 0 radical (unpaired) electrons. The van der Waals surface area contributed by atoms with Gasteiger partial charge in [0.05, 0.1) is 30.7 Å². The van der Waals surface area contributed by atoms with Crippen LogP contribution in [-0.2, 0) is 4.74 Å². The van der Waals surface area contributed by atoms with Gasteiger partial charge in [0.15, 0.2) is 0 Å². The maximum absolute atomic E-state index is 11.7. The summed E-state index contributed by atoms with van der Waals surface area (Å²) >= 11 is 0. The molecule has 6 heteroatoms. The molecule has 0 aromatic heterocycles. The third-order valence-corrected chi connectivity index (χ3v) is 3.54. The fourth-order valence-corrected chi connectivity index (χ4v) is 2.34. The molecule has 1 fully saturated rings. The van der Waals surface area contributed by atoms with Crippen molar-refractivity contribution in [3.63, 3.8) is 0 Å². The zero-order valence-electron chi connectivity index (χ0n) is 11.8. The Bertz CT molecular complexity index is 493. The van der Waals surface area contributed by atoms with E-state index in [1.54, 1.807) is 25.2 Å². The second-order valence-electron chi connectivity index (χ2n) is 4.99. The van der Waals surface area contributed by atoms with Crippen molar-refractivity contribution in [1.82, 2.24) is 5.32 Å². The van der Waals surface area contributed by atoms with Crippen molar-refractivity contribution >= 4 is 17.3 Å². The number of rotatable bonds is 3. The number of nitrogens with zero attached hydrogens (tertiary/aromatic N) is 1. The van der Waals surface area contributed by atoms with E-state index in [1.807, 2.05) is 6.92 Å². The van der Waals surface area contributed by atoms with Crippen LogP contribution in [0.3, 0.4) is 0 Å². The van der Waals surface area contributed by atoms with E-state index in [4.69, 9.17) is 10.5 Å². The van der Waals surface area contributed by atoms with Gasteiger partial charge in [-0.25, -0.2) is 0 Å². The number of hydrogen-bond donors (Lipinski definition) is 3. The number of anilines is 2. The van der Waals surface area contributed by atoms with Gasteiger partial charge in [-0.1, -0.05) is 0 Å². The van der Waals surface area contributed by atoms with Gasteiger partial charge in [-0.2, -0.15) is 0 Å². The maximum atomic E-state index is 11.7. The lowest BCUT2D eigenvalue weighted by Gasteiger charge is -2.39. The number of amides is 1. The zero-order valence-corrected chi connectivity index (χ0v) is 11.8. The molecule has 0 saturated carbocycles. The van der Waals surface area contributed by atoms with Crippen molar-refractivity contribution in [2.24, 2.45) is 0 Å². The number of nitrogens with two attached hydrogens (primary N) is 1. The van der Waals surface area contributed by atoms with E-state index >= 15 is 0 Å². The summed E-state index contributed by atoms with van der Waals surface area (Å²) in [5.41, 5.74) is 8.02. The fourth-order valence-electron chi connectivity index (χ4n) is 2.34. The third-order valence-electron chi connectivity index (χ3n) is 3.54. The van der Waals surface area contributed by atoms with Crippen LogP contribution in [-0.4, -0.2) is 50.0 Å². The lowest BCUT2D eigenvalue weighted by Crippen LogP contribution is -2.49. The molecule has 1 amide bonds. The Kier molecular flexibility index (Phi) is 4.46. The Morgan fingerprint density at radius 2 is 2.35 bits per heavy atom. The summed E-state index contributed by atoms with van der Waals surface area (Å²) in [6, 6.07) is 5.35. The minimum atomic E-state index is -0.228. The Labute approximate surface area is 118 Å². The van der Waals surface area contributed by atoms with Crippen molar-refractivity contribution in [3.8, 4) is 0 Å². The van der Waals surface area contributed by atoms with Crippen LogP contribution in [0.25, 0.3) is 0 Å². The number of aliphatic hydroxyl groups excluding tert-OH is 1. The Hall–Kier alpha value is -1.79. The largest absolute Gasteiger partial charge is 0.397 e. The van der Waals surface area contributed by atoms with Gasteiger partial charge in [0, 0.05) is 25.2 Å². The molecule has 1 aromatic rings. The number of hydrogen-bond acceptors (Lipinski definition) is 5. The van der Waals surface area contributed by atoms with Gasteiger partial charge in [-0.3, -0.25) is 4.79 Å². The fraction of sp³-hybridized carbons (Fsp3) is 0.500. The van der Waals surface area contributed by atoms with E-state index in [2.05, 4.69) is 10.2 Å². The molecular weight excluding hydrogens is 258 g/mol. The van der Waals surface area contributed by atoms with Crippen molar-refractivity contribution in [2.45, 2.75) is 19.1 Å². The zero-order chi connectivity index (χ0) is 14.7. The Morgan fingerprint density at radius 1 is 1.60 bits per heavy atom. The lowest BCUT2D eigenvalue weighted by molar-refractivity contribution is -0.0102. The summed E-state index contributed by atoms with van der Waals surface area (Å²) < 4.78 is 5.52. The van der Waals surface area contributed by atoms with Crippen LogP contribution in [0.4, 0.5) is 11.4 Å². The Balaban J connectivity index is 2.32. The number of carbonyl (C=O) groups excluding carboxylic acids is 1.